The molecular weight excluding hydrogens is 202 g/mol. The van der Waals surface area contributed by atoms with Crippen molar-refractivity contribution in [3.8, 4) is 0 Å². The minimum atomic E-state index is -0.123. The van der Waals surface area contributed by atoms with Gasteiger partial charge in [0.15, 0.2) is 0 Å². The average Bonchev–Trinajstić information content (AvgIpc) is 2.22. The highest BCUT2D eigenvalue weighted by Gasteiger charge is 1.91. The van der Waals surface area contributed by atoms with Crippen LogP contribution in [0.3, 0.4) is 0 Å². The molecule has 0 saturated heterocycles. The second-order valence-corrected chi connectivity index (χ2v) is 2.18. The van der Waals surface area contributed by atoms with Crippen molar-refractivity contribution in [2.45, 2.75) is 20.3 Å². The van der Waals surface area contributed by atoms with Gasteiger partial charge in [-0.3, -0.25) is 9.78 Å². The molecule has 0 atom stereocenters. The van der Waals surface area contributed by atoms with E-state index in [2.05, 4.69) is 9.72 Å². The van der Waals surface area contributed by atoms with Crippen molar-refractivity contribution in [3.05, 3.63) is 30.6 Å². The molecular formula is C10H16ClNO2. The molecule has 0 aliphatic rings. The lowest BCUT2D eigenvalue weighted by atomic mass is 10.5. The fraction of sp³-hybridized carbons (Fsp3) is 0.400. The monoisotopic (exact) mass is 217 g/mol. The van der Waals surface area contributed by atoms with Gasteiger partial charge < -0.3 is 4.74 Å². The van der Waals surface area contributed by atoms with Gasteiger partial charge in [0.25, 0.3) is 0 Å². The SMILES string of the molecule is CCOC(=O)CC.Cl.c1ccncc1. The molecule has 0 radical (unpaired) electrons. The molecule has 0 spiro atoms. The molecule has 1 aromatic rings. The number of halogens is 1. The quantitative estimate of drug-likeness (QED) is 0.715. The molecule has 0 fully saturated rings. The molecule has 1 heterocycles. The fourth-order valence-corrected chi connectivity index (χ4v) is 0.576. The topological polar surface area (TPSA) is 39.2 Å². The van der Waals surface area contributed by atoms with E-state index in [9.17, 15) is 4.79 Å². The molecule has 4 heteroatoms. The standard InChI is InChI=1S/C5H5N.C5H10O2.ClH/c1-2-4-6-5-3-1;1-3-5(6)7-4-2;/h1-5H;3-4H2,1-2H3;1H. The highest BCUT2D eigenvalue weighted by Crippen LogP contribution is 1.80. The lowest BCUT2D eigenvalue weighted by molar-refractivity contribution is -0.142. The number of rotatable bonds is 2. The summed E-state index contributed by atoms with van der Waals surface area (Å²) in [5.74, 6) is -0.123. The van der Waals surface area contributed by atoms with Crippen molar-refractivity contribution < 1.29 is 9.53 Å². The van der Waals surface area contributed by atoms with Gasteiger partial charge in [0, 0.05) is 18.8 Å². The second-order valence-electron chi connectivity index (χ2n) is 2.18. The summed E-state index contributed by atoms with van der Waals surface area (Å²) in [4.78, 5) is 14.0. The van der Waals surface area contributed by atoms with Crippen LogP contribution in [0.4, 0.5) is 0 Å². The van der Waals surface area contributed by atoms with E-state index in [0.29, 0.717) is 13.0 Å². The fourth-order valence-electron chi connectivity index (χ4n) is 0.576. The number of ether oxygens (including phenoxy) is 1. The van der Waals surface area contributed by atoms with E-state index in [0.717, 1.165) is 0 Å². The Morgan fingerprint density at radius 2 is 1.79 bits per heavy atom. The Balaban J connectivity index is 0. The summed E-state index contributed by atoms with van der Waals surface area (Å²) in [6.07, 6.45) is 3.98. The van der Waals surface area contributed by atoms with Crippen molar-refractivity contribution in [1.29, 1.82) is 0 Å². The molecule has 0 aliphatic heterocycles. The third-order valence-corrected chi connectivity index (χ3v) is 1.16. The first-order valence-electron chi connectivity index (χ1n) is 4.31. The summed E-state index contributed by atoms with van der Waals surface area (Å²) >= 11 is 0. The first kappa shape index (κ1) is 15.4. The van der Waals surface area contributed by atoms with Gasteiger partial charge in [-0.15, -0.1) is 12.4 Å². The smallest absolute Gasteiger partial charge is 0.305 e. The summed E-state index contributed by atoms with van der Waals surface area (Å²) in [5, 5.41) is 0. The van der Waals surface area contributed by atoms with E-state index in [1.54, 1.807) is 26.2 Å². The lowest BCUT2D eigenvalue weighted by Crippen LogP contribution is -2.00. The van der Waals surface area contributed by atoms with Gasteiger partial charge in [-0.25, -0.2) is 0 Å². The van der Waals surface area contributed by atoms with Crippen LogP contribution in [0.1, 0.15) is 20.3 Å². The Morgan fingerprint density at radius 3 is 1.93 bits per heavy atom. The molecule has 0 aliphatic carbocycles. The van der Waals surface area contributed by atoms with Crippen LogP contribution in [0.25, 0.3) is 0 Å². The highest BCUT2D eigenvalue weighted by molar-refractivity contribution is 5.85. The zero-order valence-electron chi connectivity index (χ0n) is 8.47. The van der Waals surface area contributed by atoms with Crippen LogP contribution in [-0.4, -0.2) is 17.6 Å². The molecule has 0 amide bonds. The Hall–Kier alpha value is -1.09. The number of nitrogens with zero attached hydrogens (tertiary/aromatic N) is 1. The molecule has 0 aromatic carbocycles. The van der Waals surface area contributed by atoms with Crippen LogP contribution >= 0.6 is 12.4 Å². The number of hydrogen-bond donors (Lipinski definition) is 0. The third-order valence-electron chi connectivity index (χ3n) is 1.16. The number of hydrogen-bond acceptors (Lipinski definition) is 3. The van der Waals surface area contributed by atoms with Gasteiger partial charge in [-0.05, 0) is 19.1 Å². The zero-order valence-corrected chi connectivity index (χ0v) is 9.29. The summed E-state index contributed by atoms with van der Waals surface area (Å²) < 4.78 is 4.55. The van der Waals surface area contributed by atoms with Crippen LogP contribution in [0.5, 0.6) is 0 Å². The molecule has 0 bridgehead atoms. The van der Waals surface area contributed by atoms with Gasteiger partial charge in [0.1, 0.15) is 0 Å². The van der Waals surface area contributed by atoms with Crippen LogP contribution in [0.15, 0.2) is 30.6 Å². The van der Waals surface area contributed by atoms with Gasteiger partial charge >= 0.3 is 5.97 Å². The van der Waals surface area contributed by atoms with E-state index in [1.807, 2.05) is 18.2 Å². The number of carbonyl (C=O) groups is 1. The normalized spacial score (nSPS) is 7.57. The minimum absolute atomic E-state index is 0. The largest absolute Gasteiger partial charge is 0.466 e. The summed E-state index contributed by atoms with van der Waals surface area (Å²) in [6, 6.07) is 5.72. The minimum Gasteiger partial charge on any atom is -0.466 e. The van der Waals surface area contributed by atoms with Crippen molar-refractivity contribution in [2.75, 3.05) is 6.61 Å². The number of pyridine rings is 1. The first-order valence-corrected chi connectivity index (χ1v) is 4.31. The Morgan fingerprint density at radius 1 is 1.21 bits per heavy atom. The maximum atomic E-state index is 10.2. The van der Waals surface area contributed by atoms with Gasteiger partial charge in [-0.2, -0.15) is 0 Å². The van der Waals surface area contributed by atoms with E-state index in [4.69, 9.17) is 0 Å². The number of esters is 1. The molecule has 1 rings (SSSR count). The van der Waals surface area contributed by atoms with E-state index >= 15 is 0 Å². The van der Waals surface area contributed by atoms with Crippen LogP contribution in [-0.2, 0) is 9.53 Å². The molecule has 0 saturated carbocycles. The van der Waals surface area contributed by atoms with Crippen molar-refractivity contribution in [1.82, 2.24) is 4.98 Å². The first-order chi connectivity index (χ1) is 6.31. The molecule has 0 unspecified atom stereocenters. The van der Waals surface area contributed by atoms with Crippen LogP contribution in [0.2, 0.25) is 0 Å². The van der Waals surface area contributed by atoms with Crippen molar-refractivity contribution in [2.24, 2.45) is 0 Å². The Bertz CT molecular complexity index is 190. The van der Waals surface area contributed by atoms with Crippen molar-refractivity contribution in [3.63, 3.8) is 0 Å². The molecule has 14 heavy (non-hydrogen) atoms. The van der Waals surface area contributed by atoms with Crippen molar-refractivity contribution >= 4 is 18.4 Å². The summed E-state index contributed by atoms with van der Waals surface area (Å²) in [7, 11) is 0. The third kappa shape index (κ3) is 10.9. The van der Waals surface area contributed by atoms with Crippen LogP contribution in [0, 0.1) is 0 Å². The average molecular weight is 218 g/mol. The molecule has 1 aromatic heterocycles. The Labute approximate surface area is 90.9 Å². The highest BCUT2D eigenvalue weighted by atomic mass is 35.5. The Kier molecular flexibility index (Phi) is 13.1. The number of aromatic nitrogens is 1. The number of carbonyl (C=O) groups excluding carboxylic acids is 1. The lowest BCUT2D eigenvalue weighted by Gasteiger charge is -1.93. The van der Waals surface area contributed by atoms with Crippen LogP contribution < -0.4 is 0 Å². The molecule has 0 N–H and O–H groups in total. The van der Waals surface area contributed by atoms with E-state index in [-0.39, 0.29) is 18.4 Å². The maximum Gasteiger partial charge on any atom is 0.305 e. The zero-order chi connectivity index (χ0) is 9.94. The van der Waals surface area contributed by atoms with Gasteiger partial charge in [0.05, 0.1) is 6.61 Å². The molecule has 80 valence electrons. The van der Waals surface area contributed by atoms with Gasteiger partial charge in [0.2, 0.25) is 0 Å². The molecule has 3 nitrogen and oxygen atoms in total. The second kappa shape index (κ2) is 11.9. The summed E-state index contributed by atoms with van der Waals surface area (Å²) in [6.45, 7) is 4.07. The van der Waals surface area contributed by atoms with E-state index in [1.165, 1.54) is 0 Å². The predicted octanol–water partition coefficient (Wildman–Crippen LogP) is 2.46. The maximum absolute atomic E-state index is 10.2. The predicted molar refractivity (Wildman–Crippen MR) is 58.4 cm³/mol. The van der Waals surface area contributed by atoms with Gasteiger partial charge in [-0.1, -0.05) is 13.0 Å². The van der Waals surface area contributed by atoms with E-state index < -0.39 is 0 Å². The summed E-state index contributed by atoms with van der Waals surface area (Å²) in [5.41, 5.74) is 0.